The summed E-state index contributed by atoms with van der Waals surface area (Å²) in [7, 11) is 0. The van der Waals surface area contributed by atoms with Crippen molar-refractivity contribution >= 4 is 34.6 Å². The minimum atomic E-state index is -4.75. The number of benzene rings is 2. The molecule has 0 aliphatic carbocycles. The number of halogens is 3. The molecule has 2 heterocycles. The fourth-order valence-corrected chi connectivity index (χ4v) is 4.36. The number of anilines is 2. The van der Waals surface area contributed by atoms with Crippen LogP contribution in [0.4, 0.5) is 29.3 Å². The van der Waals surface area contributed by atoms with E-state index < -0.39 is 6.36 Å². The van der Waals surface area contributed by atoms with Crippen molar-refractivity contribution in [2.45, 2.75) is 26.3 Å². The third-order valence-corrected chi connectivity index (χ3v) is 6.15. The number of carbonyl (C=O) groups excluding carboxylic acids is 2. The van der Waals surface area contributed by atoms with Crippen LogP contribution in [0.1, 0.15) is 27.2 Å². The van der Waals surface area contributed by atoms with Crippen molar-refractivity contribution in [1.29, 1.82) is 0 Å². The minimum absolute atomic E-state index is 0.239. The van der Waals surface area contributed by atoms with Gasteiger partial charge in [-0.25, -0.2) is 4.79 Å². The Morgan fingerprint density at radius 3 is 2.56 bits per heavy atom. The quantitative estimate of drug-likeness (QED) is 0.459. The maximum absolute atomic E-state index is 13.3. The lowest BCUT2D eigenvalue weighted by molar-refractivity contribution is -0.274. The lowest BCUT2D eigenvalue weighted by Crippen LogP contribution is -2.49. The molecule has 34 heavy (non-hydrogen) atoms. The molecule has 1 aliphatic heterocycles. The number of hydrogen-bond acceptors (Lipinski definition) is 4. The summed E-state index contributed by atoms with van der Waals surface area (Å²) in [6.07, 6.45) is -4.05. The minimum Gasteiger partial charge on any atom is -0.406 e. The highest BCUT2D eigenvalue weighted by molar-refractivity contribution is 7.12. The zero-order chi connectivity index (χ0) is 24.3. The van der Waals surface area contributed by atoms with Crippen molar-refractivity contribution in [2.24, 2.45) is 0 Å². The standard InChI is InChI=1S/C24H22F3N3O3S/c1-16-5-10-20(19(14-16)28-22(31)21-4-2-13-34-21)30-12-3-11-29(23(30)32)15-17-6-8-18(9-7-17)33-24(25,26)27/h2,4-10,13-14H,3,11-12,15H2,1H3,(H,28,31). The second-order valence-corrected chi connectivity index (χ2v) is 8.80. The molecule has 3 amide bonds. The number of nitrogens with one attached hydrogen (secondary N) is 1. The largest absolute Gasteiger partial charge is 0.573 e. The summed E-state index contributed by atoms with van der Waals surface area (Å²) in [4.78, 5) is 29.8. The summed E-state index contributed by atoms with van der Waals surface area (Å²) < 4.78 is 41.0. The first-order chi connectivity index (χ1) is 16.2. The lowest BCUT2D eigenvalue weighted by atomic mass is 10.1. The molecule has 10 heteroatoms. The van der Waals surface area contributed by atoms with E-state index in [2.05, 4.69) is 10.1 Å². The molecule has 1 fully saturated rings. The van der Waals surface area contributed by atoms with Crippen LogP contribution < -0.4 is 15.0 Å². The van der Waals surface area contributed by atoms with Crippen LogP contribution >= 0.6 is 11.3 Å². The molecule has 0 unspecified atom stereocenters. The van der Waals surface area contributed by atoms with Gasteiger partial charge in [-0.15, -0.1) is 24.5 Å². The molecule has 0 radical (unpaired) electrons. The topological polar surface area (TPSA) is 61.9 Å². The van der Waals surface area contributed by atoms with Gasteiger partial charge in [0.25, 0.3) is 5.91 Å². The zero-order valence-corrected chi connectivity index (χ0v) is 19.1. The van der Waals surface area contributed by atoms with Crippen molar-refractivity contribution in [3.63, 3.8) is 0 Å². The predicted molar refractivity (Wildman–Crippen MR) is 124 cm³/mol. The molecule has 4 rings (SSSR count). The molecule has 6 nitrogen and oxygen atoms in total. The number of rotatable bonds is 6. The number of thiophene rings is 1. The van der Waals surface area contributed by atoms with Gasteiger partial charge in [-0.3, -0.25) is 9.69 Å². The Morgan fingerprint density at radius 2 is 1.88 bits per heavy atom. The van der Waals surface area contributed by atoms with Crippen LogP contribution in [0.15, 0.2) is 60.0 Å². The van der Waals surface area contributed by atoms with Gasteiger partial charge in [0.2, 0.25) is 0 Å². The number of nitrogens with zero attached hydrogens (tertiary/aromatic N) is 2. The Balaban J connectivity index is 1.50. The van der Waals surface area contributed by atoms with Crippen LogP contribution in [-0.2, 0) is 6.54 Å². The third kappa shape index (κ3) is 5.69. The molecule has 1 aliphatic rings. The van der Waals surface area contributed by atoms with E-state index in [0.717, 1.165) is 5.56 Å². The van der Waals surface area contributed by atoms with Crippen LogP contribution in [0, 0.1) is 6.92 Å². The molecule has 0 atom stereocenters. The second kappa shape index (κ2) is 9.76. The molecule has 2 aromatic carbocycles. The fraction of sp³-hybridized carbons (Fsp3) is 0.250. The van der Waals surface area contributed by atoms with Gasteiger partial charge in [-0.05, 0) is 60.2 Å². The molecule has 0 bridgehead atoms. The van der Waals surface area contributed by atoms with E-state index in [4.69, 9.17) is 0 Å². The van der Waals surface area contributed by atoms with Crippen molar-refractivity contribution in [2.75, 3.05) is 23.3 Å². The van der Waals surface area contributed by atoms with Gasteiger partial charge in [0.1, 0.15) is 5.75 Å². The van der Waals surface area contributed by atoms with E-state index in [1.54, 1.807) is 21.9 Å². The SMILES string of the molecule is Cc1ccc(N2CCCN(Cc3ccc(OC(F)(F)F)cc3)C2=O)c(NC(=O)c2cccs2)c1. The monoisotopic (exact) mass is 489 g/mol. The van der Waals surface area contributed by atoms with E-state index in [-0.39, 0.29) is 24.2 Å². The molecule has 1 saturated heterocycles. The first kappa shape index (κ1) is 23.6. The fourth-order valence-electron chi connectivity index (χ4n) is 3.75. The number of urea groups is 1. The van der Waals surface area contributed by atoms with E-state index in [1.807, 2.05) is 30.5 Å². The Kier molecular flexibility index (Phi) is 6.78. The van der Waals surface area contributed by atoms with Crippen molar-refractivity contribution in [3.8, 4) is 5.75 Å². The Hall–Kier alpha value is -3.53. The summed E-state index contributed by atoms with van der Waals surface area (Å²) in [5, 5.41) is 4.73. The number of hydrogen-bond donors (Lipinski definition) is 1. The van der Waals surface area contributed by atoms with Crippen molar-refractivity contribution in [1.82, 2.24) is 4.90 Å². The number of aryl methyl sites for hydroxylation is 1. The number of ether oxygens (including phenoxy) is 1. The molecule has 0 spiro atoms. The highest BCUT2D eigenvalue weighted by Gasteiger charge is 2.31. The van der Waals surface area contributed by atoms with Gasteiger partial charge >= 0.3 is 12.4 Å². The molecular formula is C24H22F3N3O3S. The smallest absolute Gasteiger partial charge is 0.406 e. The third-order valence-electron chi connectivity index (χ3n) is 5.28. The first-order valence-electron chi connectivity index (χ1n) is 10.6. The Bertz CT molecular complexity index is 1160. The number of carbonyl (C=O) groups is 2. The van der Waals surface area contributed by atoms with Crippen LogP contribution in [0.3, 0.4) is 0 Å². The summed E-state index contributed by atoms with van der Waals surface area (Å²) in [5.74, 6) is -0.557. The second-order valence-electron chi connectivity index (χ2n) is 7.85. The normalized spacial score (nSPS) is 14.3. The van der Waals surface area contributed by atoms with Crippen LogP contribution in [0.5, 0.6) is 5.75 Å². The summed E-state index contributed by atoms with van der Waals surface area (Å²) in [6.45, 7) is 3.14. The van der Waals surface area contributed by atoms with Crippen molar-refractivity contribution < 1.29 is 27.5 Å². The van der Waals surface area contributed by atoms with E-state index >= 15 is 0 Å². The van der Waals surface area contributed by atoms with Gasteiger partial charge in [-0.2, -0.15) is 0 Å². The molecule has 3 aromatic rings. The lowest BCUT2D eigenvalue weighted by Gasteiger charge is -2.36. The van der Waals surface area contributed by atoms with Gasteiger partial charge in [0, 0.05) is 19.6 Å². The number of alkyl halides is 3. The Morgan fingerprint density at radius 1 is 1.12 bits per heavy atom. The van der Waals surface area contributed by atoms with E-state index in [1.165, 1.54) is 35.6 Å². The number of amides is 3. The van der Waals surface area contributed by atoms with Crippen LogP contribution in [-0.4, -0.2) is 36.3 Å². The van der Waals surface area contributed by atoms with Gasteiger partial charge in [-0.1, -0.05) is 24.3 Å². The molecule has 1 aromatic heterocycles. The van der Waals surface area contributed by atoms with Gasteiger partial charge in [0.05, 0.1) is 16.3 Å². The average Bonchev–Trinajstić information content (AvgIpc) is 3.31. The van der Waals surface area contributed by atoms with Crippen molar-refractivity contribution in [3.05, 3.63) is 76.0 Å². The highest BCUT2D eigenvalue weighted by atomic mass is 32.1. The van der Waals surface area contributed by atoms with Gasteiger partial charge in [0.15, 0.2) is 0 Å². The molecule has 1 N–H and O–H groups in total. The maximum Gasteiger partial charge on any atom is 0.573 e. The molecule has 178 valence electrons. The predicted octanol–water partition coefficient (Wildman–Crippen LogP) is 6.04. The van der Waals surface area contributed by atoms with E-state index in [9.17, 15) is 22.8 Å². The van der Waals surface area contributed by atoms with Gasteiger partial charge < -0.3 is 15.0 Å². The summed E-state index contributed by atoms with van der Waals surface area (Å²) in [6, 6.07) is 14.3. The molecular weight excluding hydrogens is 467 g/mol. The first-order valence-corrected chi connectivity index (χ1v) is 11.4. The average molecular weight is 490 g/mol. The maximum atomic E-state index is 13.3. The highest BCUT2D eigenvalue weighted by Crippen LogP contribution is 2.31. The zero-order valence-electron chi connectivity index (χ0n) is 18.3. The Labute approximate surface area is 198 Å². The molecule has 0 saturated carbocycles. The summed E-state index contributed by atoms with van der Waals surface area (Å²) >= 11 is 1.33. The van der Waals surface area contributed by atoms with Crippen LogP contribution in [0.25, 0.3) is 0 Å². The van der Waals surface area contributed by atoms with E-state index in [0.29, 0.717) is 41.3 Å². The summed E-state index contributed by atoms with van der Waals surface area (Å²) in [5.41, 5.74) is 2.76. The van der Waals surface area contributed by atoms with Crippen LogP contribution in [0.2, 0.25) is 0 Å².